The average molecular weight is 538 g/mol. The third kappa shape index (κ3) is 5.76. The maximum Gasteiger partial charge on any atom is 0.426 e. The predicted octanol–water partition coefficient (Wildman–Crippen LogP) is 6.31. The molecule has 0 aliphatic heterocycles. The van der Waals surface area contributed by atoms with Crippen molar-refractivity contribution in [1.82, 2.24) is 0 Å². The minimum absolute atomic E-state index is 0.120. The number of carbonyl (C=O) groups excluding carboxylic acids is 1. The molecule has 2 N–H and O–H groups in total. The molecule has 1 aromatic carbocycles. The number of hydrogen-bond donors (Lipinski definition) is 2. The van der Waals surface area contributed by atoms with Crippen LogP contribution in [0.1, 0.15) is 68.3 Å². The van der Waals surface area contributed by atoms with Crippen molar-refractivity contribution in [3.63, 3.8) is 0 Å². The van der Waals surface area contributed by atoms with E-state index in [9.17, 15) is 54.5 Å². The van der Waals surface area contributed by atoms with Gasteiger partial charge in [0.15, 0.2) is 5.60 Å². The topological polar surface area (TPSA) is 66.8 Å². The third-order valence-corrected chi connectivity index (χ3v) is 7.09. The van der Waals surface area contributed by atoms with Crippen LogP contribution in [0.2, 0.25) is 0 Å². The lowest BCUT2D eigenvalue weighted by Gasteiger charge is -2.47. The van der Waals surface area contributed by atoms with E-state index in [-0.39, 0.29) is 18.4 Å². The molecule has 0 heterocycles. The highest BCUT2D eigenvalue weighted by Crippen LogP contribution is 2.55. The van der Waals surface area contributed by atoms with Crippen LogP contribution in [0.3, 0.4) is 0 Å². The Morgan fingerprint density at radius 3 is 1.78 bits per heavy atom. The lowest BCUT2D eigenvalue weighted by molar-refractivity contribution is -0.391. The van der Waals surface area contributed by atoms with Crippen LogP contribution in [0, 0.1) is 11.8 Å². The first kappa shape index (κ1) is 30.2. The fourth-order valence-corrected chi connectivity index (χ4v) is 4.42. The largest absolute Gasteiger partial charge is 0.459 e. The Bertz CT molecular complexity index is 890. The Morgan fingerprint density at radius 2 is 1.36 bits per heavy atom. The highest BCUT2D eigenvalue weighted by Gasteiger charge is 2.75. The summed E-state index contributed by atoms with van der Waals surface area (Å²) in [5.74, 6) is -6.17. The van der Waals surface area contributed by atoms with Crippen LogP contribution in [-0.2, 0) is 4.74 Å². The fraction of sp³-hybridized carbons (Fsp3) is 0.696. The molecule has 206 valence electrons. The number of benzene rings is 1. The van der Waals surface area contributed by atoms with Gasteiger partial charge >= 0.3 is 24.5 Å². The molecule has 0 radical (unpaired) electrons. The Morgan fingerprint density at radius 1 is 0.889 bits per heavy atom. The smallest absolute Gasteiger partial charge is 0.426 e. The zero-order valence-corrected chi connectivity index (χ0v) is 19.6. The van der Waals surface area contributed by atoms with Crippen LogP contribution >= 0.6 is 0 Å². The first-order chi connectivity index (χ1) is 16.2. The minimum Gasteiger partial charge on any atom is -0.459 e. The van der Waals surface area contributed by atoms with Gasteiger partial charge in [0.25, 0.3) is 5.60 Å². The van der Waals surface area contributed by atoms with E-state index in [1.165, 1.54) is 12.1 Å². The van der Waals surface area contributed by atoms with Gasteiger partial charge in [-0.1, -0.05) is 26.0 Å². The second kappa shape index (κ2) is 10.0. The minimum atomic E-state index is -6.30. The number of hydrogen-bond acceptors (Lipinski definition) is 4. The van der Waals surface area contributed by atoms with Gasteiger partial charge in [0, 0.05) is 11.8 Å². The molecule has 1 aliphatic carbocycles. The highest BCUT2D eigenvalue weighted by atomic mass is 19.4. The first-order valence-electron chi connectivity index (χ1n) is 11.1. The van der Waals surface area contributed by atoms with E-state index in [0.29, 0.717) is 0 Å². The third-order valence-electron chi connectivity index (χ3n) is 7.09. The van der Waals surface area contributed by atoms with Crippen molar-refractivity contribution < 1.29 is 59.3 Å². The highest BCUT2D eigenvalue weighted by molar-refractivity contribution is 5.89. The zero-order chi connectivity index (χ0) is 27.9. The van der Waals surface area contributed by atoms with Crippen LogP contribution in [-0.4, -0.2) is 52.0 Å². The molecule has 1 fully saturated rings. The Balaban J connectivity index is 2.43. The average Bonchev–Trinajstić information content (AvgIpc) is 2.75. The van der Waals surface area contributed by atoms with E-state index in [1.807, 2.05) is 13.8 Å². The second-order valence-electron chi connectivity index (χ2n) is 9.47. The van der Waals surface area contributed by atoms with E-state index < -0.39 is 72.9 Å². The van der Waals surface area contributed by atoms with Crippen molar-refractivity contribution in [3.05, 3.63) is 35.4 Å². The number of esters is 1. The van der Waals surface area contributed by atoms with Gasteiger partial charge in [0.2, 0.25) is 0 Å². The molecule has 0 amide bonds. The lowest BCUT2D eigenvalue weighted by atomic mass is 9.66. The second-order valence-corrected chi connectivity index (χ2v) is 9.47. The summed E-state index contributed by atoms with van der Waals surface area (Å²) >= 11 is 0. The standard InChI is InChI=1S/C23H27F9O4/c1-4-12(2)13-5-7-14(8-6-13)18(33)36-17-10-15(19(3,34)21(24,25)26)9-16(11-17)20(35,22(27,28)29)23(30,31)32/h5-8,12,15-17,34-35H,4,9-11H2,1-3H3. The van der Waals surface area contributed by atoms with Gasteiger partial charge in [-0.05, 0) is 56.2 Å². The molecule has 2 rings (SSSR count). The van der Waals surface area contributed by atoms with Gasteiger partial charge < -0.3 is 14.9 Å². The summed E-state index contributed by atoms with van der Waals surface area (Å²) in [6, 6.07) is 5.76. The van der Waals surface area contributed by atoms with Gasteiger partial charge in [0.05, 0.1) is 5.56 Å². The monoisotopic (exact) mass is 538 g/mol. The summed E-state index contributed by atoms with van der Waals surface area (Å²) in [4.78, 5) is 12.6. The molecule has 0 saturated heterocycles. The number of alkyl halides is 9. The van der Waals surface area contributed by atoms with Crippen LogP contribution in [0.25, 0.3) is 0 Å². The molecular formula is C23H27F9O4. The van der Waals surface area contributed by atoms with Crippen molar-refractivity contribution in [3.8, 4) is 0 Å². The molecule has 4 nitrogen and oxygen atoms in total. The molecule has 36 heavy (non-hydrogen) atoms. The summed E-state index contributed by atoms with van der Waals surface area (Å²) in [6.07, 6.45) is -22.7. The molecule has 0 spiro atoms. The summed E-state index contributed by atoms with van der Waals surface area (Å²) in [7, 11) is 0. The molecule has 5 atom stereocenters. The summed E-state index contributed by atoms with van der Waals surface area (Å²) in [5.41, 5.74) is -8.38. The molecule has 13 heteroatoms. The number of halogens is 9. The van der Waals surface area contributed by atoms with Crippen molar-refractivity contribution in [1.29, 1.82) is 0 Å². The Kier molecular flexibility index (Phi) is 8.42. The maximum absolute atomic E-state index is 13.5. The van der Waals surface area contributed by atoms with Gasteiger partial charge in [-0.15, -0.1) is 0 Å². The predicted molar refractivity (Wildman–Crippen MR) is 109 cm³/mol. The lowest BCUT2D eigenvalue weighted by Crippen LogP contribution is -2.64. The molecule has 5 unspecified atom stereocenters. The van der Waals surface area contributed by atoms with Gasteiger partial charge in [0.1, 0.15) is 6.10 Å². The molecule has 1 saturated carbocycles. The Labute approximate surface area is 201 Å². The van der Waals surface area contributed by atoms with Crippen LogP contribution in [0.15, 0.2) is 24.3 Å². The van der Waals surface area contributed by atoms with Crippen LogP contribution in [0.5, 0.6) is 0 Å². The van der Waals surface area contributed by atoms with E-state index in [4.69, 9.17) is 4.74 Å². The molecule has 1 aromatic rings. The van der Waals surface area contributed by atoms with Crippen LogP contribution in [0.4, 0.5) is 39.5 Å². The van der Waals surface area contributed by atoms with E-state index in [2.05, 4.69) is 0 Å². The van der Waals surface area contributed by atoms with Gasteiger partial charge in [-0.2, -0.15) is 39.5 Å². The van der Waals surface area contributed by atoms with Gasteiger partial charge in [-0.25, -0.2) is 4.79 Å². The quantitative estimate of drug-likeness (QED) is 0.329. The number of ether oxygens (including phenoxy) is 1. The fourth-order valence-electron chi connectivity index (χ4n) is 4.42. The van der Waals surface area contributed by atoms with E-state index in [1.54, 1.807) is 12.1 Å². The Hall–Kier alpha value is -2.02. The molecule has 0 bridgehead atoms. The molecule has 1 aliphatic rings. The van der Waals surface area contributed by atoms with Gasteiger partial charge in [-0.3, -0.25) is 0 Å². The number of carbonyl (C=O) groups is 1. The SMILES string of the molecule is CCC(C)c1ccc(C(=O)OC2CC(C(C)(O)C(F)(F)F)CC(C(O)(C(F)(F)F)C(F)(F)F)C2)cc1. The summed E-state index contributed by atoms with van der Waals surface area (Å²) < 4.78 is 126. The van der Waals surface area contributed by atoms with E-state index >= 15 is 0 Å². The normalized spacial score (nSPS) is 24.7. The van der Waals surface area contributed by atoms with Crippen molar-refractivity contribution in [2.45, 2.75) is 88.2 Å². The van der Waals surface area contributed by atoms with Crippen LogP contribution < -0.4 is 0 Å². The molecular weight excluding hydrogens is 511 g/mol. The zero-order valence-electron chi connectivity index (χ0n) is 19.6. The maximum atomic E-state index is 13.5. The summed E-state index contributed by atoms with van der Waals surface area (Å²) in [5, 5.41) is 19.8. The first-order valence-corrected chi connectivity index (χ1v) is 11.1. The van der Waals surface area contributed by atoms with E-state index in [0.717, 1.165) is 12.0 Å². The van der Waals surface area contributed by atoms with Crippen molar-refractivity contribution in [2.75, 3.05) is 0 Å². The number of aliphatic hydroxyl groups is 2. The van der Waals surface area contributed by atoms with Crippen molar-refractivity contribution >= 4 is 5.97 Å². The number of rotatable bonds is 6. The van der Waals surface area contributed by atoms with Crippen molar-refractivity contribution in [2.24, 2.45) is 11.8 Å². The summed E-state index contributed by atoms with van der Waals surface area (Å²) in [6.45, 7) is 4.04. The molecule has 0 aromatic heterocycles.